The molecule has 0 saturated carbocycles. The van der Waals surface area contributed by atoms with Crippen molar-refractivity contribution < 1.29 is 4.79 Å². The summed E-state index contributed by atoms with van der Waals surface area (Å²) in [5, 5.41) is 10.2. The molecule has 7 nitrogen and oxygen atoms in total. The van der Waals surface area contributed by atoms with E-state index in [-0.39, 0.29) is 23.1 Å². The predicted octanol–water partition coefficient (Wildman–Crippen LogP) is 2.88. The van der Waals surface area contributed by atoms with Crippen LogP contribution in [0.1, 0.15) is 27.5 Å². The van der Waals surface area contributed by atoms with Crippen LogP contribution >= 0.6 is 0 Å². The number of benzene rings is 2. The van der Waals surface area contributed by atoms with Crippen LogP contribution in [0.2, 0.25) is 0 Å². The van der Waals surface area contributed by atoms with Crippen molar-refractivity contribution in [3.8, 4) is 0 Å². The van der Waals surface area contributed by atoms with Crippen LogP contribution in [0.3, 0.4) is 0 Å². The molecule has 0 aliphatic heterocycles. The Morgan fingerprint density at radius 3 is 2.53 bits per heavy atom. The molecule has 2 aromatic carbocycles. The maximum absolute atomic E-state index is 12.6. The van der Waals surface area contributed by atoms with E-state index in [0.29, 0.717) is 6.54 Å². The smallest absolute Gasteiger partial charge is 0.271 e. The first-order valence-corrected chi connectivity index (χ1v) is 9.70. The first kappa shape index (κ1) is 19.4. The van der Waals surface area contributed by atoms with E-state index in [1.165, 1.54) is 12.1 Å². The topological polar surface area (TPSA) is 93.9 Å². The van der Waals surface area contributed by atoms with E-state index in [0.717, 1.165) is 27.7 Å². The van der Waals surface area contributed by atoms with Gasteiger partial charge in [-0.1, -0.05) is 30.3 Å². The lowest BCUT2D eigenvalue weighted by Crippen LogP contribution is -2.30. The number of aromatic amines is 2. The number of hydrogen-bond donors (Lipinski definition) is 3. The molecule has 4 rings (SSSR count). The third-order valence-corrected chi connectivity index (χ3v) is 5.19. The lowest BCUT2D eigenvalue weighted by Gasteiger charge is -2.20. The summed E-state index contributed by atoms with van der Waals surface area (Å²) in [5.74, 6) is -0.384. The molecule has 2 heterocycles. The van der Waals surface area contributed by atoms with Crippen molar-refractivity contribution in [1.29, 1.82) is 0 Å². The molecule has 0 fully saturated rings. The number of fused-ring (bicyclic) bond motifs is 1. The zero-order valence-corrected chi connectivity index (χ0v) is 16.8. The summed E-state index contributed by atoms with van der Waals surface area (Å²) in [6.07, 6.45) is 2.00. The Morgan fingerprint density at radius 1 is 1.07 bits per heavy atom. The Balaban J connectivity index is 1.65. The minimum absolute atomic E-state index is 0.0518. The van der Waals surface area contributed by atoms with Crippen LogP contribution in [0.15, 0.2) is 71.7 Å². The lowest BCUT2D eigenvalue weighted by molar-refractivity contribution is 0.0946. The van der Waals surface area contributed by atoms with Crippen LogP contribution in [-0.2, 0) is 0 Å². The van der Waals surface area contributed by atoms with Crippen molar-refractivity contribution in [1.82, 2.24) is 20.5 Å². The number of carbonyl (C=O) groups is 1. The molecule has 0 radical (unpaired) electrons. The Kier molecular flexibility index (Phi) is 5.34. The first-order chi connectivity index (χ1) is 14.5. The van der Waals surface area contributed by atoms with Crippen molar-refractivity contribution in [2.45, 2.75) is 5.92 Å². The normalized spacial score (nSPS) is 11.9. The number of para-hydroxylation sites is 1. The maximum Gasteiger partial charge on any atom is 0.271 e. The van der Waals surface area contributed by atoms with Crippen molar-refractivity contribution in [2.24, 2.45) is 0 Å². The molecular formula is C23H23N5O2. The maximum atomic E-state index is 12.6. The van der Waals surface area contributed by atoms with Crippen LogP contribution in [0.5, 0.6) is 0 Å². The highest BCUT2D eigenvalue weighted by Crippen LogP contribution is 2.31. The predicted molar refractivity (Wildman–Crippen MR) is 118 cm³/mol. The van der Waals surface area contributed by atoms with Gasteiger partial charge in [-0.05, 0) is 35.4 Å². The molecule has 1 amide bonds. The van der Waals surface area contributed by atoms with Gasteiger partial charge in [0.2, 0.25) is 0 Å². The average molecular weight is 401 g/mol. The van der Waals surface area contributed by atoms with Crippen LogP contribution in [0.4, 0.5) is 5.69 Å². The molecule has 2 aromatic heterocycles. The van der Waals surface area contributed by atoms with Gasteiger partial charge in [-0.25, -0.2) is 5.10 Å². The lowest BCUT2D eigenvalue weighted by atomic mass is 9.90. The number of amides is 1. The van der Waals surface area contributed by atoms with Crippen LogP contribution in [0.25, 0.3) is 10.9 Å². The van der Waals surface area contributed by atoms with E-state index in [4.69, 9.17) is 0 Å². The first-order valence-electron chi connectivity index (χ1n) is 9.70. The number of hydrogen-bond acceptors (Lipinski definition) is 4. The zero-order valence-electron chi connectivity index (χ0n) is 16.8. The van der Waals surface area contributed by atoms with E-state index >= 15 is 0 Å². The van der Waals surface area contributed by atoms with Crippen molar-refractivity contribution >= 4 is 22.5 Å². The fraction of sp³-hybridized carbons (Fsp3) is 0.174. The molecule has 0 aliphatic rings. The summed E-state index contributed by atoms with van der Waals surface area (Å²) in [4.78, 5) is 29.1. The molecule has 0 saturated heterocycles. The number of nitrogens with one attached hydrogen (secondary N) is 3. The van der Waals surface area contributed by atoms with Gasteiger partial charge in [0.15, 0.2) is 0 Å². The molecule has 152 valence electrons. The Morgan fingerprint density at radius 2 is 1.83 bits per heavy atom. The Bertz CT molecular complexity index is 1200. The van der Waals surface area contributed by atoms with Crippen LogP contribution in [-0.4, -0.2) is 41.7 Å². The van der Waals surface area contributed by atoms with E-state index in [1.807, 2.05) is 43.4 Å². The Labute approximate surface area is 173 Å². The molecule has 0 bridgehead atoms. The zero-order chi connectivity index (χ0) is 21.1. The standard InChI is InChI=1S/C23H23N5O2/c1-28(2)16-9-7-15(8-10-16)18(19-14-24-20-6-4-3-5-17(19)20)13-25-23(30)21-11-12-22(29)27-26-21/h3-12,14,18,24H,13H2,1-2H3,(H,25,30)(H,27,29)/t18-/m1/s1. The third-order valence-electron chi connectivity index (χ3n) is 5.19. The van der Waals surface area contributed by atoms with Gasteiger partial charge in [-0.3, -0.25) is 9.59 Å². The van der Waals surface area contributed by atoms with E-state index in [1.54, 1.807) is 0 Å². The van der Waals surface area contributed by atoms with Crippen molar-refractivity contribution in [3.63, 3.8) is 0 Å². The number of carbonyl (C=O) groups excluding carboxylic acids is 1. The fourth-order valence-electron chi connectivity index (χ4n) is 3.55. The molecule has 4 aromatic rings. The van der Waals surface area contributed by atoms with Crippen molar-refractivity contribution in [2.75, 3.05) is 25.5 Å². The highest BCUT2D eigenvalue weighted by molar-refractivity contribution is 5.92. The summed E-state index contributed by atoms with van der Waals surface area (Å²) in [6.45, 7) is 0.392. The van der Waals surface area contributed by atoms with Gasteiger partial charge in [-0.15, -0.1) is 0 Å². The molecule has 0 aliphatic carbocycles. The van der Waals surface area contributed by atoms with Gasteiger partial charge in [0, 0.05) is 55.4 Å². The quantitative estimate of drug-likeness (QED) is 0.463. The monoisotopic (exact) mass is 401 g/mol. The molecule has 7 heteroatoms. The van der Waals surface area contributed by atoms with E-state index in [9.17, 15) is 9.59 Å². The largest absolute Gasteiger partial charge is 0.378 e. The summed E-state index contributed by atoms with van der Waals surface area (Å²) in [7, 11) is 4.01. The number of aromatic nitrogens is 3. The summed E-state index contributed by atoms with van der Waals surface area (Å²) < 4.78 is 0. The SMILES string of the molecule is CN(C)c1ccc([C@@H](CNC(=O)c2ccc(=O)[nH]n2)c2c[nH]c3ccccc23)cc1. The fourth-order valence-corrected chi connectivity index (χ4v) is 3.55. The molecule has 30 heavy (non-hydrogen) atoms. The van der Waals surface area contributed by atoms with Gasteiger partial charge < -0.3 is 15.2 Å². The van der Waals surface area contributed by atoms with Crippen LogP contribution in [0, 0.1) is 0 Å². The second-order valence-electron chi connectivity index (χ2n) is 7.34. The number of rotatable bonds is 6. The molecule has 0 unspecified atom stereocenters. The van der Waals surface area contributed by atoms with Gasteiger partial charge in [-0.2, -0.15) is 5.10 Å². The second kappa shape index (κ2) is 8.24. The molecule has 3 N–H and O–H groups in total. The molecular weight excluding hydrogens is 378 g/mol. The summed E-state index contributed by atoms with van der Waals surface area (Å²) >= 11 is 0. The minimum Gasteiger partial charge on any atom is -0.378 e. The summed E-state index contributed by atoms with van der Waals surface area (Å²) in [5.41, 5.74) is 4.20. The highest BCUT2D eigenvalue weighted by Gasteiger charge is 2.20. The van der Waals surface area contributed by atoms with Gasteiger partial charge in [0.1, 0.15) is 5.69 Å². The molecule has 1 atom stereocenters. The second-order valence-corrected chi connectivity index (χ2v) is 7.34. The van der Waals surface area contributed by atoms with E-state index < -0.39 is 0 Å². The third kappa shape index (κ3) is 3.96. The van der Waals surface area contributed by atoms with Gasteiger partial charge in [0.05, 0.1) is 0 Å². The van der Waals surface area contributed by atoms with E-state index in [2.05, 4.69) is 50.8 Å². The number of anilines is 1. The average Bonchev–Trinajstić information content (AvgIpc) is 3.19. The number of nitrogens with zero attached hydrogens (tertiary/aromatic N) is 2. The van der Waals surface area contributed by atoms with Crippen molar-refractivity contribution in [3.05, 3.63) is 94.0 Å². The Hall–Kier alpha value is -3.87. The number of H-pyrrole nitrogens is 2. The molecule has 0 spiro atoms. The van der Waals surface area contributed by atoms with Gasteiger partial charge in [0.25, 0.3) is 11.5 Å². The highest BCUT2D eigenvalue weighted by atomic mass is 16.2. The minimum atomic E-state index is -0.343. The summed E-state index contributed by atoms with van der Waals surface area (Å²) in [6, 6.07) is 19.1. The van der Waals surface area contributed by atoms with Crippen LogP contribution < -0.4 is 15.8 Å². The van der Waals surface area contributed by atoms with Gasteiger partial charge >= 0.3 is 0 Å².